The first-order valence-corrected chi connectivity index (χ1v) is 41.4. The topological polar surface area (TPSA) is 95.9 Å². The lowest BCUT2D eigenvalue weighted by Gasteiger charge is -2.22. The summed E-state index contributed by atoms with van der Waals surface area (Å²) in [6, 6.07) is -0.540. The zero-order valence-electron chi connectivity index (χ0n) is 61.0. The standard InChI is InChI=1S/C83H163NO5/c1-3-5-7-9-11-13-15-17-19-21-23-24-25-31-34-37-40-43-47-51-55-59-63-67-71-75-81(86)80(79-85)84-82(87)76-72-68-64-60-56-52-48-44-41-38-35-32-29-27-26-28-30-33-36-39-42-46-50-54-58-62-66-70-74-78-89-83(88)77-73-69-65-61-57-53-49-45-22-20-18-16-14-12-10-8-6-4-2/h20,22,80-81,85-86H,3-19,21,23-79H2,1-2H3,(H,84,87)/b22-20-. The molecule has 0 saturated carbocycles. The molecule has 0 heterocycles. The van der Waals surface area contributed by atoms with Crippen molar-refractivity contribution < 1.29 is 24.5 Å². The van der Waals surface area contributed by atoms with Crippen molar-refractivity contribution in [2.45, 2.75) is 495 Å². The van der Waals surface area contributed by atoms with Crippen LogP contribution in [0.2, 0.25) is 0 Å². The number of aliphatic hydroxyl groups excluding tert-OH is 2. The highest BCUT2D eigenvalue weighted by atomic mass is 16.5. The Hall–Kier alpha value is -1.40. The fraction of sp³-hybridized carbons (Fsp3) is 0.952. The van der Waals surface area contributed by atoms with Gasteiger partial charge >= 0.3 is 5.97 Å². The van der Waals surface area contributed by atoms with Crippen LogP contribution in [0.25, 0.3) is 0 Å². The van der Waals surface area contributed by atoms with Gasteiger partial charge in [0.2, 0.25) is 5.91 Å². The first-order valence-electron chi connectivity index (χ1n) is 41.4. The third-order valence-electron chi connectivity index (χ3n) is 19.8. The number of rotatable bonds is 79. The zero-order valence-corrected chi connectivity index (χ0v) is 61.0. The summed E-state index contributed by atoms with van der Waals surface area (Å²) in [7, 11) is 0. The highest BCUT2D eigenvalue weighted by Crippen LogP contribution is 2.21. The number of hydrogen-bond donors (Lipinski definition) is 3. The molecular weight excluding hydrogens is 1090 g/mol. The third-order valence-corrected chi connectivity index (χ3v) is 19.8. The lowest BCUT2D eigenvalue weighted by molar-refractivity contribution is -0.143. The molecule has 0 aromatic heterocycles. The Morgan fingerprint density at radius 1 is 0.303 bits per heavy atom. The Balaban J connectivity index is 3.33. The highest BCUT2D eigenvalue weighted by molar-refractivity contribution is 5.76. The lowest BCUT2D eigenvalue weighted by Crippen LogP contribution is -2.45. The Bertz CT molecular complexity index is 1350. The molecule has 89 heavy (non-hydrogen) atoms. The Morgan fingerprint density at radius 3 is 0.798 bits per heavy atom. The number of carbonyl (C=O) groups excluding carboxylic acids is 2. The molecule has 530 valence electrons. The number of nitrogens with one attached hydrogen (secondary N) is 1. The van der Waals surface area contributed by atoms with Crippen LogP contribution in [0, 0.1) is 0 Å². The molecule has 0 aliphatic heterocycles. The van der Waals surface area contributed by atoms with E-state index in [1.807, 2.05) is 0 Å². The summed E-state index contributed by atoms with van der Waals surface area (Å²) in [6.07, 6.45) is 100. The molecule has 0 aromatic rings. The number of aliphatic hydroxyl groups is 2. The molecule has 2 atom stereocenters. The van der Waals surface area contributed by atoms with Crippen molar-refractivity contribution in [1.29, 1.82) is 0 Å². The summed E-state index contributed by atoms with van der Waals surface area (Å²) in [6.45, 7) is 5.01. The van der Waals surface area contributed by atoms with Crippen LogP contribution in [0.3, 0.4) is 0 Å². The SMILES string of the molecule is CCCCCCCCC/C=C\CCCCCCCCCC(=O)OCCCCCCCCCCCCCCCCCCCCCCCCCCCCCCCC(=O)NC(CO)C(O)CCCCCCCCCCCCCCCCCCCCCCCCCCC. The molecule has 0 radical (unpaired) electrons. The van der Waals surface area contributed by atoms with Crippen LogP contribution in [0.5, 0.6) is 0 Å². The van der Waals surface area contributed by atoms with E-state index in [2.05, 4.69) is 31.3 Å². The van der Waals surface area contributed by atoms with Crippen LogP contribution in [-0.2, 0) is 14.3 Å². The summed E-state index contributed by atoms with van der Waals surface area (Å²) < 4.78 is 5.52. The van der Waals surface area contributed by atoms with Gasteiger partial charge in [0, 0.05) is 12.8 Å². The number of carbonyl (C=O) groups is 2. The lowest BCUT2D eigenvalue weighted by atomic mass is 10.0. The zero-order chi connectivity index (χ0) is 64.2. The maximum atomic E-state index is 12.6. The van der Waals surface area contributed by atoms with Crippen molar-refractivity contribution in [2.75, 3.05) is 13.2 Å². The minimum atomic E-state index is -0.663. The van der Waals surface area contributed by atoms with Crippen molar-refractivity contribution in [2.24, 2.45) is 0 Å². The first kappa shape index (κ1) is 87.6. The number of amides is 1. The second kappa shape index (κ2) is 79.0. The predicted molar refractivity (Wildman–Crippen MR) is 394 cm³/mol. The van der Waals surface area contributed by atoms with E-state index in [1.165, 1.54) is 405 Å². The van der Waals surface area contributed by atoms with Crippen LogP contribution in [0.4, 0.5) is 0 Å². The molecule has 0 bridgehead atoms. The Kier molecular flexibility index (Phi) is 77.8. The fourth-order valence-corrected chi connectivity index (χ4v) is 13.5. The molecule has 6 heteroatoms. The summed E-state index contributed by atoms with van der Waals surface area (Å²) in [5.74, 6) is -0.00671. The van der Waals surface area contributed by atoms with E-state index in [0.29, 0.717) is 25.9 Å². The van der Waals surface area contributed by atoms with Crippen LogP contribution in [0.1, 0.15) is 483 Å². The molecule has 1 amide bonds. The number of allylic oxidation sites excluding steroid dienone is 2. The number of ether oxygens (including phenoxy) is 1. The molecule has 6 nitrogen and oxygen atoms in total. The molecule has 0 aromatic carbocycles. The predicted octanol–water partition coefficient (Wildman–Crippen LogP) is 27.4. The smallest absolute Gasteiger partial charge is 0.305 e. The van der Waals surface area contributed by atoms with Gasteiger partial charge in [0.05, 0.1) is 25.4 Å². The van der Waals surface area contributed by atoms with E-state index in [-0.39, 0.29) is 18.5 Å². The molecule has 0 spiro atoms. The Morgan fingerprint density at radius 2 is 0.528 bits per heavy atom. The van der Waals surface area contributed by atoms with E-state index >= 15 is 0 Å². The van der Waals surface area contributed by atoms with Gasteiger partial charge < -0.3 is 20.3 Å². The summed E-state index contributed by atoms with van der Waals surface area (Å²) in [5.41, 5.74) is 0. The highest BCUT2D eigenvalue weighted by Gasteiger charge is 2.20. The van der Waals surface area contributed by atoms with Crippen LogP contribution < -0.4 is 5.32 Å². The van der Waals surface area contributed by atoms with Gasteiger partial charge in [0.1, 0.15) is 0 Å². The first-order chi connectivity index (χ1) is 44.0. The second-order valence-corrected chi connectivity index (χ2v) is 28.8. The molecule has 0 fully saturated rings. The van der Waals surface area contributed by atoms with Crippen molar-refractivity contribution >= 4 is 11.9 Å². The van der Waals surface area contributed by atoms with Gasteiger partial charge in [0.15, 0.2) is 0 Å². The molecule has 2 unspecified atom stereocenters. The van der Waals surface area contributed by atoms with E-state index in [0.717, 1.165) is 44.9 Å². The quantitative estimate of drug-likeness (QED) is 0.0320. The second-order valence-electron chi connectivity index (χ2n) is 28.8. The number of hydrogen-bond acceptors (Lipinski definition) is 5. The van der Waals surface area contributed by atoms with E-state index in [9.17, 15) is 19.8 Å². The molecular formula is C83H163NO5. The van der Waals surface area contributed by atoms with Crippen LogP contribution >= 0.6 is 0 Å². The average Bonchev–Trinajstić information content (AvgIpc) is 3.63. The minimum Gasteiger partial charge on any atom is -0.466 e. The van der Waals surface area contributed by atoms with Crippen molar-refractivity contribution in [3.8, 4) is 0 Å². The molecule has 0 aliphatic rings. The number of esters is 1. The average molecular weight is 1260 g/mol. The minimum absolute atomic E-state index is 0.0182. The van der Waals surface area contributed by atoms with E-state index in [1.54, 1.807) is 0 Å². The van der Waals surface area contributed by atoms with Gasteiger partial charge in [-0.2, -0.15) is 0 Å². The van der Waals surface area contributed by atoms with Gasteiger partial charge in [-0.3, -0.25) is 9.59 Å². The summed E-state index contributed by atoms with van der Waals surface area (Å²) in [4.78, 5) is 24.7. The van der Waals surface area contributed by atoms with Crippen molar-refractivity contribution in [3.63, 3.8) is 0 Å². The molecule has 3 N–H and O–H groups in total. The summed E-state index contributed by atoms with van der Waals surface area (Å²) in [5, 5.41) is 23.5. The van der Waals surface area contributed by atoms with Crippen LogP contribution in [0.15, 0.2) is 12.2 Å². The fourth-order valence-electron chi connectivity index (χ4n) is 13.5. The van der Waals surface area contributed by atoms with Gasteiger partial charge in [-0.1, -0.05) is 431 Å². The van der Waals surface area contributed by atoms with Crippen LogP contribution in [-0.4, -0.2) is 47.4 Å². The molecule has 0 saturated heterocycles. The maximum Gasteiger partial charge on any atom is 0.305 e. The van der Waals surface area contributed by atoms with Gasteiger partial charge in [-0.05, 0) is 51.4 Å². The Labute approximate surface area is 559 Å². The monoisotopic (exact) mass is 1250 g/mol. The van der Waals surface area contributed by atoms with Gasteiger partial charge in [-0.15, -0.1) is 0 Å². The van der Waals surface area contributed by atoms with Crippen molar-refractivity contribution in [1.82, 2.24) is 5.32 Å². The molecule has 0 aliphatic carbocycles. The largest absolute Gasteiger partial charge is 0.466 e. The van der Waals surface area contributed by atoms with Gasteiger partial charge in [0.25, 0.3) is 0 Å². The van der Waals surface area contributed by atoms with E-state index in [4.69, 9.17) is 4.74 Å². The third kappa shape index (κ3) is 75.5. The van der Waals surface area contributed by atoms with E-state index < -0.39 is 12.1 Å². The van der Waals surface area contributed by atoms with Crippen molar-refractivity contribution in [3.05, 3.63) is 12.2 Å². The maximum absolute atomic E-state index is 12.6. The number of unbranched alkanes of at least 4 members (excludes halogenated alkanes) is 66. The normalized spacial score (nSPS) is 12.4. The van der Waals surface area contributed by atoms with Gasteiger partial charge in [-0.25, -0.2) is 0 Å². The molecule has 0 rings (SSSR count). The summed E-state index contributed by atoms with van der Waals surface area (Å²) >= 11 is 0.